The number of aromatic nitrogens is 1. The van der Waals surface area contributed by atoms with Crippen LogP contribution in [0.25, 0.3) is 0 Å². The molecule has 2 atom stereocenters. The molecule has 2 saturated heterocycles. The van der Waals surface area contributed by atoms with Crippen LogP contribution in [-0.2, 0) is 25.6 Å². The highest BCUT2D eigenvalue weighted by Gasteiger charge is 2.48. The second-order valence-corrected chi connectivity index (χ2v) is 6.36. The van der Waals surface area contributed by atoms with Gasteiger partial charge in [-0.2, -0.15) is 0 Å². The lowest BCUT2D eigenvalue weighted by Gasteiger charge is -2.43. The number of hydrogen-bond acceptors (Lipinski definition) is 5. The van der Waals surface area contributed by atoms with Gasteiger partial charge in [0.1, 0.15) is 6.61 Å². The molecular weight excluding hydrogens is 296 g/mol. The Morgan fingerprint density at radius 3 is 3.09 bits per heavy atom. The number of carbonyl (C=O) groups excluding carboxylic acids is 1. The number of methoxy groups -OCH3 is 1. The Bertz CT molecular complexity index is 525. The fraction of sp³-hybridized carbons (Fsp3) is 0.647. The molecule has 6 nitrogen and oxygen atoms in total. The van der Waals surface area contributed by atoms with Crippen LogP contribution in [0.15, 0.2) is 24.5 Å². The summed E-state index contributed by atoms with van der Waals surface area (Å²) >= 11 is 0. The molecule has 1 aromatic heterocycles. The summed E-state index contributed by atoms with van der Waals surface area (Å²) in [6, 6.07) is 3.91. The van der Waals surface area contributed by atoms with E-state index in [4.69, 9.17) is 14.2 Å². The summed E-state index contributed by atoms with van der Waals surface area (Å²) in [6.45, 7) is 3.48. The molecule has 0 unspecified atom stereocenters. The monoisotopic (exact) mass is 320 g/mol. The number of rotatable bonds is 6. The van der Waals surface area contributed by atoms with Crippen molar-refractivity contribution < 1.29 is 19.0 Å². The zero-order valence-corrected chi connectivity index (χ0v) is 13.6. The van der Waals surface area contributed by atoms with Crippen molar-refractivity contribution >= 4 is 5.91 Å². The Kier molecular flexibility index (Phi) is 5.25. The average molecular weight is 320 g/mol. The predicted octanol–water partition coefficient (Wildman–Crippen LogP) is 1.25. The maximum atomic E-state index is 12.1. The van der Waals surface area contributed by atoms with Gasteiger partial charge in [-0.25, -0.2) is 0 Å². The molecule has 6 heteroatoms. The third kappa shape index (κ3) is 3.71. The molecule has 1 amide bonds. The number of amides is 1. The van der Waals surface area contributed by atoms with Crippen LogP contribution in [0.5, 0.6) is 0 Å². The highest BCUT2D eigenvalue weighted by Crippen LogP contribution is 2.41. The van der Waals surface area contributed by atoms with Crippen LogP contribution in [0.3, 0.4) is 0 Å². The van der Waals surface area contributed by atoms with E-state index in [0.717, 1.165) is 31.6 Å². The summed E-state index contributed by atoms with van der Waals surface area (Å²) in [7, 11) is 1.55. The van der Waals surface area contributed by atoms with E-state index in [2.05, 4.69) is 4.98 Å². The maximum absolute atomic E-state index is 12.1. The van der Waals surface area contributed by atoms with Crippen molar-refractivity contribution in [2.45, 2.75) is 25.6 Å². The quantitative estimate of drug-likeness (QED) is 0.789. The van der Waals surface area contributed by atoms with E-state index < -0.39 is 0 Å². The smallest absolute Gasteiger partial charge is 0.248 e. The van der Waals surface area contributed by atoms with Gasteiger partial charge in [0.2, 0.25) is 5.91 Å². The normalized spacial score (nSPS) is 27.0. The SMILES string of the molecule is COCC(=O)N1CC[C@@H]2OCC[C@]2(COCc2ccncc2)C1. The molecule has 0 radical (unpaired) electrons. The first-order valence-electron chi connectivity index (χ1n) is 8.08. The topological polar surface area (TPSA) is 60.9 Å². The van der Waals surface area contributed by atoms with Gasteiger partial charge in [-0.15, -0.1) is 0 Å². The molecule has 0 spiro atoms. The Labute approximate surface area is 136 Å². The van der Waals surface area contributed by atoms with E-state index in [1.54, 1.807) is 19.5 Å². The fourth-order valence-electron chi connectivity index (χ4n) is 3.53. The number of fused-ring (bicyclic) bond motifs is 1. The second-order valence-electron chi connectivity index (χ2n) is 6.36. The maximum Gasteiger partial charge on any atom is 0.248 e. The molecule has 0 saturated carbocycles. The van der Waals surface area contributed by atoms with Gasteiger partial charge in [0.15, 0.2) is 0 Å². The van der Waals surface area contributed by atoms with Gasteiger partial charge in [0, 0.05) is 44.6 Å². The lowest BCUT2D eigenvalue weighted by Crippen LogP contribution is -2.54. The molecule has 3 heterocycles. The van der Waals surface area contributed by atoms with E-state index in [0.29, 0.717) is 19.8 Å². The van der Waals surface area contributed by atoms with Crippen molar-refractivity contribution in [3.05, 3.63) is 30.1 Å². The average Bonchev–Trinajstić information content (AvgIpc) is 2.99. The first kappa shape index (κ1) is 16.4. The molecule has 0 aromatic carbocycles. The first-order valence-corrected chi connectivity index (χ1v) is 8.08. The van der Waals surface area contributed by atoms with Crippen LogP contribution in [-0.4, -0.2) is 61.9 Å². The lowest BCUT2D eigenvalue weighted by molar-refractivity contribution is -0.143. The van der Waals surface area contributed by atoms with Gasteiger partial charge in [0.25, 0.3) is 0 Å². The van der Waals surface area contributed by atoms with Crippen LogP contribution in [0, 0.1) is 5.41 Å². The Balaban J connectivity index is 1.60. The van der Waals surface area contributed by atoms with E-state index >= 15 is 0 Å². The van der Waals surface area contributed by atoms with Crippen molar-refractivity contribution in [3.8, 4) is 0 Å². The largest absolute Gasteiger partial charge is 0.377 e. The highest BCUT2D eigenvalue weighted by molar-refractivity contribution is 5.77. The van der Waals surface area contributed by atoms with E-state index in [9.17, 15) is 4.79 Å². The first-order chi connectivity index (χ1) is 11.2. The Morgan fingerprint density at radius 1 is 1.48 bits per heavy atom. The number of ether oxygens (including phenoxy) is 3. The molecule has 126 valence electrons. The van der Waals surface area contributed by atoms with Crippen molar-refractivity contribution in [2.75, 3.05) is 40.0 Å². The summed E-state index contributed by atoms with van der Waals surface area (Å²) < 4.78 is 16.8. The minimum Gasteiger partial charge on any atom is -0.377 e. The lowest BCUT2D eigenvalue weighted by atomic mass is 9.77. The van der Waals surface area contributed by atoms with Crippen molar-refractivity contribution in [1.82, 2.24) is 9.88 Å². The molecule has 1 aromatic rings. The van der Waals surface area contributed by atoms with Gasteiger partial charge in [-0.1, -0.05) is 0 Å². The van der Waals surface area contributed by atoms with Gasteiger partial charge < -0.3 is 19.1 Å². The molecular formula is C17H24N2O4. The number of likely N-dealkylation sites (tertiary alicyclic amines) is 1. The molecule has 0 aliphatic carbocycles. The fourth-order valence-corrected chi connectivity index (χ4v) is 3.53. The zero-order chi connectivity index (χ0) is 16.1. The Hall–Kier alpha value is -1.50. The van der Waals surface area contributed by atoms with E-state index in [1.807, 2.05) is 17.0 Å². The summed E-state index contributed by atoms with van der Waals surface area (Å²) in [5, 5.41) is 0. The number of nitrogens with zero attached hydrogens (tertiary/aromatic N) is 2. The van der Waals surface area contributed by atoms with E-state index in [1.165, 1.54) is 0 Å². The second kappa shape index (κ2) is 7.38. The van der Waals surface area contributed by atoms with Crippen molar-refractivity contribution in [3.63, 3.8) is 0 Å². The predicted molar refractivity (Wildman–Crippen MR) is 83.8 cm³/mol. The molecule has 0 bridgehead atoms. The highest BCUT2D eigenvalue weighted by atomic mass is 16.5. The van der Waals surface area contributed by atoms with E-state index in [-0.39, 0.29) is 24.0 Å². The summed E-state index contributed by atoms with van der Waals surface area (Å²) in [5.74, 6) is 0.0476. The summed E-state index contributed by atoms with van der Waals surface area (Å²) in [4.78, 5) is 18.0. The third-order valence-electron chi connectivity index (χ3n) is 4.80. The number of piperidine rings is 1. The molecule has 3 rings (SSSR count). The van der Waals surface area contributed by atoms with Gasteiger partial charge in [0.05, 0.1) is 19.3 Å². The minimum atomic E-state index is -0.0886. The standard InChI is InChI=1S/C17H24N2O4/c1-21-11-16(20)19-8-4-15-17(12-19,5-9-23-15)13-22-10-14-2-6-18-7-3-14/h2-3,6-7,15H,4-5,8-13H2,1H3/t15-,17+/m0/s1. The van der Waals surface area contributed by atoms with Gasteiger partial charge in [-0.3, -0.25) is 9.78 Å². The third-order valence-corrected chi connectivity index (χ3v) is 4.80. The molecule has 2 aliphatic rings. The van der Waals surface area contributed by atoms with Crippen LogP contribution in [0.2, 0.25) is 0 Å². The van der Waals surface area contributed by atoms with Gasteiger partial charge in [-0.05, 0) is 30.5 Å². The number of carbonyl (C=O) groups is 1. The minimum absolute atomic E-state index is 0.0476. The van der Waals surface area contributed by atoms with Crippen LogP contribution in [0.4, 0.5) is 0 Å². The molecule has 2 fully saturated rings. The Morgan fingerprint density at radius 2 is 2.30 bits per heavy atom. The van der Waals surface area contributed by atoms with Crippen LogP contribution >= 0.6 is 0 Å². The number of pyridine rings is 1. The van der Waals surface area contributed by atoms with Crippen LogP contribution in [0.1, 0.15) is 18.4 Å². The summed E-state index contributed by atoms with van der Waals surface area (Å²) in [6.07, 6.45) is 5.53. The zero-order valence-electron chi connectivity index (χ0n) is 13.6. The van der Waals surface area contributed by atoms with Gasteiger partial charge >= 0.3 is 0 Å². The molecule has 2 aliphatic heterocycles. The van der Waals surface area contributed by atoms with Crippen molar-refractivity contribution in [1.29, 1.82) is 0 Å². The number of hydrogen-bond donors (Lipinski definition) is 0. The van der Waals surface area contributed by atoms with Crippen LogP contribution < -0.4 is 0 Å². The molecule has 23 heavy (non-hydrogen) atoms. The summed E-state index contributed by atoms with van der Waals surface area (Å²) in [5.41, 5.74) is 1.02. The molecule has 0 N–H and O–H groups in total. The van der Waals surface area contributed by atoms with Crippen molar-refractivity contribution in [2.24, 2.45) is 5.41 Å².